The highest BCUT2D eigenvalue weighted by atomic mass is 19.1. The maximum absolute atomic E-state index is 12.7. The fraction of sp³-hybridized carbons (Fsp3) is 0.429. The summed E-state index contributed by atoms with van der Waals surface area (Å²) in [5, 5.41) is 0. The van der Waals surface area contributed by atoms with Crippen molar-refractivity contribution in [1.29, 1.82) is 0 Å². The average Bonchev–Trinajstić information content (AvgIpc) is 2.53. The van der Waals surface area contributed by atoms with Crippen LogP contribution in [0.4, 0.5) is 4.39 Å². The SMILES string of the molecule is NNC(=O)C1CCN(C(=O)COc2ccc(F)cc2)CC1. The lowest BCUT2D eigenvalue weighted by Crippen LogP contribution is -2.45. The molecule has 0 unspecified atom stereocenters. The summed E-state index contributed by atoms with van der Waals surface area (Å²) in [6.45, 7) is 0.910. The van der Waals surface area contributed by atoms with Gasteiger partial charge >= 0.3 is 0 Å². The lowest BCUT2D eigenvalue weighted by atomic mass is 9.96. The molecule has 0 aliphatic carbocycles. The number of hydrazine groups is 1. The first-order chi connectivity index (χ1) is 10.1. The van der Waals surface area contributed by atoms with Crippen molar-refractivity contribution in [1.82, 2.24) is 10.3 Å². The van der Waals surface area contributed by atoms with Gasteiger partial charge in [0.15, 0.2) is 6.61 Å². The van der Waals surface area contributed by atoms with Crippen molar-refractivity contribution in [2.45, 2.75) is 12.8 Å². The normalized spacial score (nSPS) is 15.6. The van der Waals surface area contributed by atoms with Gasteiger partial charge in [-0.15, -0.1) is 0 Å². The Bertz CT molecular complexity index is 499. The summed E-state index contributed by atoms with van der Waals surface area (Å²) < 4.78 is 18.0. The van der Waals surface area contributed by atoms with E-state index in [1.54, 1.807) is 4.90 Å². The van der Waals surface area contributed by atoms with E-state index in [0.29, 0.717) is 31.7 Å². The van der Waals surface area contributed by atoms with Gasteiger partial charge in [0.25, 0.3) is 5.91 Å². The van der Waals surface area contributed by atoms with Crippen LogP contribution in [0.15, 0.2) is 24.3 Å². The molecule has 1 aromatic rings. The number of halogens is 1. The van der Waals surface area contributed by atoms with Crippen LogP contribution in [0.25, 0.3) is 0 Å². The zero-order valence-corrected chi connectivity index (χ0v) is 11.5. The molecule has 2 amide bonds. The van der Waals surface area contributed by atoms with E-state index in [4.69, 9.17) is 10.6 Å². The molecule has 0 spiro atoms. The predicted molar refractivity (Wildman–Crippen MR) is 73.5 cm³/mol. The van der Waals surface area contributed by atoms with Crippen molar-refractivity contribution in [2.24, 2.45) is 11.8 Å². The third-order valence-electron chi connectivity index (χ3n) is 3.54. The molecule has 6 nitrogen and oxygen atoms in total. The lowest BCUT2D eigenvalue weighted by Gasteiger charge is -2.30. The summed E-state index contributed by atoms with van der Waals surface area (Å²) >= 11 is 0. The smallest absolute Gasteiger partial charge is 0.260 e. The predicted octanol–water partition coefficient (Wildman–Crippen LogP) is 0.433. The first kappa shape index (κ1) is 15.2. The molecule has 0 bridgehead atoms. The molecule has 7 heteroatoms. The molecule has 1 fully saturated rings. The quantitative estimate of drug-likeness (QED) is 0.479. The molecule has 0 atom stereocenters. The second kappa shape index (κ2) is 7.03. The molecule has 1 aliphatic rings. The van der Waals surface area contributed by atoms with Gasteiger partial charge in [0.2, 0.25) is 5.91 Å². The summed E-state index contributed by atoms with van der Waals surface area (Å²) in [7, 11) is 0. The van der Waals surface area contributed by atoms with Gasteiger partial charge in [-0.3, -0.25) is 15.0 Å². The van der Waals surface area contributed by atoms with Gasteiger partial charge in [0.05, 0.1) is 0 Å². The molecule has 3 N–H and O–H groups in total. The highest BCUT2D eigenvalue weighted by molar-refractivity contribution is 5.80. The maximum Gasteiger partial charge on any atom is 0.260 e. The number of ether oxygens (including phenoxy) is 1. The van der Waals surface area contributed by atoms with Crippen LogP contribution in [0.2, 0.25) is 0 Å². The molecular weight excluding hydrogens is 277 g/mol. The van der Waals surface area contributed by atoms with Crippen molar-refractivity contribution in [3.63, 3.8) is 0 Å². The summed E-state index contributed by atoms with van der Waals surface area (Å²) in [5.74, 6) is 4.71. The Hall–Kier alpha value is -2.15. The zero-order valence-electron chi connectivity index (χ0n) is 11.5. The number of likely N-dealkylation sites (tertiary alicyclic amines) is 1. The number of carbonyl (C=O) groups excluding carboxylic acids is 2. The van der Waals surface area contributed by atoms with Gasteiger partial charge in [-0.05, 0) is 37.1 Å². The van der Waals surface area contributed by atoms with Crippen LogP contribution in [-0.2, 0) is 9.59 Å². The van der Waals surface area contributed by atoms with Crippen LogP contribution in [0.5, 0.6) is 5.75 Å². The Morgan fingerprint density at radius 3 is 2.48 bits per heavy atom. The minimum absolute atomic E-state index is 0.0978. The van der Waals surface area contributed by atoms with Crippen molar-refractivity contribution >= 4 is 11.8 Å². The summed E-state index contributed by atoms with van der Waals surface area (Å²) in [4.78, 5) is 25.0. The van der Waals surface area contributed by atoms with Crippen molar-refractivity contribution in [3.8, 4) is 5.75 Å². The Morgan fingerprint density at radius 2 is 1.90 bits per heavy atom. The molecular formula is C14H18FN3O3. The van der Waals surface area contributed by atoms with E-state index in [1.165, 1.54) is 24.3 Å². The van der Waals surface area contributed by atoms with Crippen molar-refractivity contribution in [3.05, 3.63) is 30.1 Å². The molecule has 0 aromatic heterocycles. The molecule has 0 radical (unpaired) electrons. The first-order valence-corrected chi connectivity index (χ1v) is 6.76. The summed E-state index contributed by atoms with van der Waals surface area (Å²) in [6, 6.07) is 5.49. The number of carbonyl (C=O) groups is 2. The number of hydrogen-bond donors (Lipinski definition) is 2. The zero-order chi connectivity index (χ0) is 15.2. The molecule has 114 valence electrons. The lowest BCUT2D eigenvalue weighted by molar-refractivity contribution is -0.137. The number of hydrogen-bond acceptors (Lipinski definition) is 4. The van der Waals surface area contributed by atoms with Crippen molar-refractivity contribution in [2.75, 3.05) is 19.7 Å². The fourth-order valence-electron chi connectivity index (χ4n) is 2.28. The molecule has 1 saturated heterocycles. The van der Waals surface area contributed by atoms with E-state index < -0.39 is 0 Å². The average molecular weight is 295 g/mol. The third kappa shape index (κ3) is 4.16. The molecule has 1 heterocycles. The highest BCUT2D eigenvalue weighted by Crippen LogP contribution is 2.17. The van der Waals surface area contributed by atoms with Gasteiger partial charge in [-0.2, -0.15) is 0 Å². The summed E-state index contributed by atoms with van der Waals surface area (Å²) in [5.41, 5.74) is 2.13. The van der Waals surface area contributed by atoms with E-state index in [-0.39, 0.29) is 30.2 Å². The van der Waals surface area contributed by atoms with Crippen LogP contribution in [0.1, 0.15) is 12.8 Å². The Balaban J connectivity index is 1.77. The van der Waals surface area contributed by atoms with E-state index in [1.807, 2.05) is 0 Å². The number of nitrogens with zero attached hydrogens (tertiary/aromatic N) is 1. The standard InChI is InChI=1S/C14H18FN3O3/c15-11-1-3-12(4-2-11)21-9-13(19)18-7-5-10(6-8-18)14(20)17-16/h1-4,10H,5-9,16H2,(H,17,20). The Kier molecular flexibility index (Phi) is 5.10. The molecule has 1 aromatic carbocycles. The number of nitrogens with one attached hydrogen (secondary N) is 1. The van der Waals surface area contributed by atoms with Gasteiger partial charge in [0.1, 0.15) is 11.6 Å². The Morgan fingerprint density at radius 1 is 1.29 bits per heavy atom. The number of rotatable bonds is 4. The van der Waals surface area contributed by atoms with Crippen LogP contribution in [-0.4, -0.2) is 36.4 Å². The van der Waals surface area contributed by atoms with Crippen LogP contribution in [0.3, 0.4) is 0 Å². The molecule has 2 rings (SSSR count). The van der Waals surface area contributed by atoms with Crippen molar-refractivity contribution < 1.29 is 18.7 Å². The van der Waals surface area contributed by atoms with E-state index in [2.05, 4.69) is 5.43 Å². The maximum atomic E-state index is 12.7. The number of amides is 2. The van der Waals surface area contributed by atoms with Crippen LogP contribution in [0, 0.1) is 11.7 Å². The highest BCUT2D eigenvalue weighted by Gasteiger charge is 2.26. The van der Waals surface area contributed by atoms with E-state index in [9.17, 15) is 14.0 Å². The third-order valence-corrected chi connectivity index (χ3v) is 3.54. The van der Waals surface area contributed by atoms with E-state index in [0.717, 1.165) is 0 Å². The first-order valence-electron chi connectivity index (χ1n) is 6.76. The second-order valence-corrected chi connectivity index (χ2v) is 4.91. The van der Waals surface area contributed by atoms with Gasteiger partial charge in [-0.1, -0.05) is 0 Å². The summed E-state index contributed by atoms with van der Waals surface area (Å²) in [6.07, 6.45) is 1.18. The second-order valence-electron chi connectivity index (χ2n) is 4.91. The monoisotopic (exact) mass is 295 g/mol. The van der Waals surface area contributed by atoms with E-state index >= 15 is 0 Å². The minimum atomic E-state index is -0.353. The largest absolute Gasteiger partial charge is 0.484 e. The van der Waals surface area contributed by atoms with Gasteiger partial charge in [0, 0.05) is 19.0 Å². The minimum Gasteiger partial charge on any atom is -0.484 e. The Labute approximate surface area is 122 Å². The fourth-order valence-corrected chi connectivity index (χ4v) is 2.28. The van der Waals surface area contributed by atoms with Gasteiger partial charge < -0.3 is 9.64 Å². The number of benzene rings is 1. The van der Waals surface area contributed by atoms with Gasteiger partial charge in [-0.25, -0.2) is 10.2 Å². The topological polar surface area (TPSA) is 84.7 Å². The van der Waals surface area contributed by atoms with Crippen LogP contribution < -0.4 is 16.0 Å². The molecule has 1 aliphatic heterocycles. The molecule has 21 heavy (non-hydrogen) atoms. The molecule has 0 saturated carbocycles. The number of piperidine rings is 1. The van der Waals surface area contributed by atoms with Crippen LogP contribution >= 0.6 is 0 Å². The number of nitrogens with two attached hydrogens (primary N) is 1.